The highest BCUT2D eigenvalue weighted by Crippen LogP contribution is 2.58. The number of hydrogen-bond donors (Lipinski definition) is 0. The molecule has 0 atom stereocenters. The second-order valence-electron chi connectivity index (χ2n) is 17.4. The van der Waals surface area contributed by atoms with Gasteiger partial charge in [-0.3, -0.25) is 0 Å². The molecule has 0 N–H and O–H groups in total. The molecule has 13 rings (SSSR count). The minimum atomic E-state index is -0.560. The van der Waals surface area contributed by atoms with E-state index in [0.29, 0.717) is 17.5 Å². The average molecular weight is 852 g/mol. The van der Waals surface area contributed by atoms with Crippen LogP contribution >= 0.6 is 0 Å². The van der Waals surface area contributed by atoms with Crippen LogP contribution in [0.25, 0.3) is 99.9 Å². The molecule has 0 aliphatic heterocycles. The van der Waals surface area contributed by atoms with Gasteiger partial charge in [0.05, 0.1) is 5.41 Å². The van der Waals surface area contributed by atoms with Gasteiger partial charge in [0.15, 0.2) is 17.5 Å². The Morgan fingerprint density at radius 2 is 0.642 bits per heavy atom. The number of hydrogen-bond acceptors (Lipinski definition) is 3. The van der Waals surface area contributed by atoms with Crippen LogP contribution in [0.4, 0.5) is 0 Å². The third-order valence-corrected chi connectivity index (χ3v) is 13.8. The molecule has 1 aliphatic carbocycles. The van der Waals surface area contributed by atoms with Crippen LogP contribution in [0.15, 0.2) is 249 Å². The lowest BCUT2D eigenvalue weighted by molar-refractivity contribution is 0.769. The fraction of sp³-hybridized carbons (Fsp3) is 0.0156. The molecule has 0 fully saturated rings. The minimum absolute atomic E-state index is 0.560. The van der Waals surface area contributed by atoms with Gasteiger partial charge in [-0.2, -0.15) is 0 Å². The molecule has 0 unspecified atom stereocenters. The highest BCUT2D eigenvalue weighted by atomic mass is 15.0. The van der Waals surface area contributed by atoms with Crippen LogP contribution in [0.3, 0.4) is 0 Å². The van der Waals surface area contributed by atoms with E-state index in [9.17, 15) is 0 Å². The molecule has 312 valence electrons. The zero-order valence-electron chi connectivity index (χ0n) is 36.5. The summed E-state index contributed by atoms with van der Waals surface area (Å²) >= 11 is 0. The van der Waals surface area contributed by atoms with Crippen LogP contribution < -0.4 is 0 Å². The lowest BCUT2D eigenvalue weighted by atomic mass is 9.67. The van der Waals surface area contributed by atoms with Crippen molar-refractivity contribution in [2.24, 2.45) is 0 Å². The summed E-state index contributed by atoms with van der Waals surface area (Å²) in [6.07, 6.45) is 0. The Hall–Kier alpha value is -8.79. The Morgan fingerprint density at radius 1 is 0.224 bits per heavy atom. The predicted molar refractivity (Wildman–Crippen MR) is 277 cm³/mol. The third-order valence-electron chi connectivity index (χ3n) is 13.8. The molecule has 67 heavy (non-hydrogen) atoms. The van der Waals surface area contributed by atoms with E-state index in [2.05, 4.69) is 212 Å². The summed E-state index contributed by atoms with van der Waals surface area (Å²) in [7, 11) is 0. The van der Waals surface area contributed by atoms with Crippen LogP contribution in [0, 0.1) is 0 Å². The fourth-order valence-corrected chi connectivity index (χ4v) is 10.8. The van der Waals surface area contributed by atoms with Crippen molar-refractivity contribution in [1.29, 1.82) is 0 Å². The van der Waals surface area contributed by atoms with Crippen molar-refractivity contribution in [3.63, 3.8) is 0 Å². The SMILES string of the molecule is c1ccc(-c2nc(-c3ccccc3)nc(-c3cccc(-c4cc5c(cc4-c4ccc6c7ccccc7c7ccccc7c6c4)C(c4ccccc4)(c4ccccc4)c4ccccc4-5)c3)n2)cc1. The topological polar surface area (TPSA) is 38.7 Å². The second kappa shape index (κ2) is 15.7. The van der Waals surface area contributed by atoms with Gasteiger partial charge in [-0.1, -0.05) is 224 Å². The quantitative estimate of drug-likeness (QED) is 0.150. The van der Waals surface area contributed by atoms with Crippen LogP contribution in [-0.4, -0.2) is 15.0 Å². The summed E-state index contributed by atoms with van der Waals surface area (Å²) in [5.74, 6) is 1.90. The van der Waals surface area contributed by atoms with E-state index in [4.69, 9.17) is 15.0 Å². The molecule has 0 radical (unpaired) electrons. The number of rotatable bonds is 7. The number of nitrogens with zero attached hydrogens (tertiary/aromatic N) is 3. The molecule has 1 aliphatic rings. The first-order chi connectivity index (χ1) is 33.2. The molecular formula is C64H41N3. The summed E-state index contributed by atoms with van der Waals surface area (Å²) in [5, 5.41) is 7.52. The molecule has 11 aromatic carbocycles. The van der Waals surface area contributed by atoms with E-state index < -0.39 is 5.41 Å². The molecule has 0 saturated heterocycles. The van der Waals surface area contributed by atoms with Crippen molar-refractivity contribution < 1.29 is 0 Å². The standard InChI is InChI=1S/C64H41N3/c1-5-20-42(21-6-1)61-65-62(43-22-7-2-8-23-43)67-63(66-61)46-25-19-24-44(38-46)55-40-58-54-34-17-18-35-59(54)64(47-26-9-3-10-27-47,48-28-11-4-12-29-48)60(58)41-56(55)45-36-37-53-51-32-14-13-30-49(51)50-31-15-16-33-52(50)57(53)39-45/h1-41H. The molecule has 12 aromatic rings. The first kappa shape index (κ1) is 38.6. The van der Waals surface area contributed by atoms with Crippen molar-refractivity contribution in [2.75, 3.05) is 0 Å². The van der Waals surface area contributed by atoms with Crippen molar-refractivity contribution in [3.8, 4) is 67.5 Å². The second-order valence-corrected chi connectivity index (χ2v) is 17.4. The monoisotopic (exact) mass is 851 g/mol. The summed E-state index contributed by atoms with van der Waals surface area (Å²) in [6, 6.07) is 89.9. The number of fused-ring (bicyclic) bond motifs is 9. The van der Waals surface area contributed by atoms with Gasteiger partial charge in [-0.25, -0.2) is 15.0 Å². The zero-order chi connectivity index (χ0) is 44.3. The Morgan fingerprint density at radius 3 is 1.22 bits per heavy atom. The summed E-state index contributed by atoms with van der Waals surface area (Å²) in [5.41, 5.74) is 14.2. The lowest BCUT2D eigenvalue weighted by Gasteiger charge is -2.34. The van der Waals surface area contributed by atoms with Crippen LogP contribution in [0.1, 0.15) is 22.3 Å². The minimum Gasteiger partial charge on any atom is -0.208 e. The van der Waals surface area contributed by atoms with E-state index in [0.717, 1.165) is 38.9 Å². The normalized spacial score (nSPS) is 12.6. The Kier molecular flexibility index (Phi) is 9.07. The average Bonchev–Trinajstić information content (AvgIpc) is 3.71. The maximum atomic E-state index is 5.15. The van der Waals surface area contributed by atoms with Gasteiger partial charge in [0, 0.05) is 16.7 Å². The lowest BCUT2D eigenvalue weighted by Crippen LogP contribution is -2.28. The molecule has 3 heteroatoms. The molecule has 0 amide bonds. The van der Waals surface area contributed by atoms with E-state index >= 15 is 0 Å². The highest BCUT2D eigenvalue weighted by molar-refractivity contribution is 6.25. The number of benzene rings is 11. The zero-order valence-corrected chi connectivity index (χ0v) is 36.5. The van der Waals surface area contributed by atoms with Gasteiger partial charge in [-0.15, -0.1) is 0 Å². The van der Waals surface area contributed by atoms with E-state index in [1.165, 1.54) is 65.7 Å². The maximum absolute atomic E-state index is 5.15. The Labute approximate surface area is 389 Å². The van der Waals surface area contributed by atoms with Crippen molar-refractivity contribution in [1.82, 2.24) is 15.0 Å². The number of aromatic nitrogens is 3. The van der Waals surface area contributed by atoms with E-state index in [-0.39, 0.29) is 0 Å². The van der Waals surface area contributed by atoms with Crippen molar-refractivity contribution in [2.45, 2.75) is 5.41 Å². The van der Waals surface area contributed by atoms with Crippen molar-refractivity contribution in [3.05, 3.63) is 271 Å². The first-order valence-corrected chi connectivity index (χ1v) is 22.9. The highest BCUT2D eigenvalue weighted by Gasteiger charge is 2.46. The van der Waals surface area contributed by atoms with Crippen LogP contribution in [-0.2, 0) is 5.41 Å². The summed E-state index contributed by atoms with van der Waals surface area (Å²) < 4.78 is 0. The van der Waals surface area contributed by atoms with Gasteiger partial charge in [0.2, 0.25) is 0 Å². The van der Waals surface area contributed by atoms with Gasteiger partial charge >= 0.3 is 0 Å². The summed E-state index contributed by atoms with van der Waals surface area (Å²) in [4.78, 5) is 15.3. The first-order valence-electron chi connectivity index (χ1n) is 22.9. The maximum Gasteiger partial charge on any atom is 0.164 e. The Balaban J connectivity index is 1.10. The largest absolute Gasteiger partial charge is 0.208 e. The van der Waals surface area contributed by atoms with Crippen molar-refractivity contribution >= 4 is 32.3 Å². The molecular weight excluding hydrogens is 811 g/mol. The molecule has 0 spiro atoms. The van der Waals surface area contributed by atoms with Crippen LogP contribution in [0.5, 0.6) is 0 Å². The molecule has 0 bridgehead atoms. The molecule has 0 saturated carbocycles. The predicted octanol–water partition coefficient (Wildman–Crippen LogP) is 16.0. The molecule has 3 nitrogen and oxygen atoms in total. The van der Waals surface area contributed by atoms with Crippen LogP contribution in [0.2, 0.25) is 0 Å². The fourth-order valence-electron chi connectivity index (χ4n) is 10.8. The summed E-state index contributed by atoms with van der Waals surface area (Å²) in [6.45, 7) is 0. The molecule has 1 aromatic heterocycles. The van der Waals surface area contributed by atoms with E-state index in [1.807, 2.05) is 36.4 Å². The third kappa shape index (κ3) is 6.24. The van der Waals surface area contributed by atoms with Gasteiger partial charge in [0.25, 0.3) is 0 Å². The van der Waals surface area contributed by atoms with Gasteiger partial charge < -0.3 is 0 Å². The smallest absolute Gasteiger partial charge is 0.164 e. The van der Waals surface area contributed by atoms with E-state index in [1.54, 1.807) is 0 Å². The van der Waals surface area contributed by atoms with Gasteiger partial charge in [-0.05, 0) is 112 Å². The molecule has 1 heterocycles. The van der Waals surface area contributed by atoms with Gasteiger partial charge in [0.1, 0.15) is 0 Å². The Bertz CT molecular complexity index is 3710.